The number of nitrogens with zero attached hydrogens (tertiary/aromatic N) is 6. The number of carboxylic acid groups (broad SMARTS) is 1. The van der Waals surface area contributed by atoms with Gasteiger partial charge in [-0.3, -0.25) is 4.90 Å². The van der Waals surface area contributed by atoms with E-state index < -0.39 is 23.8 Å². The predicted molar refractivity (Wildman–Crippen MR) is 273 cm³/mol. The Hall–Kier alpha value is -4.72. The summed E-state index contributed by atoms with van der Waals surface area (Å²) in [5.41, 5.74) is 3.99. The lowest BCUT2D eigenvalue weighted by Crippen LogP contribution is -2.49. The van der Waals surface area contributed by atoms with E-state index in [-0.39, 0.29) is 44.1 Å². The Bertz CT molecular complexity index is 2770. The summed E-state index contributed by atoms with van der Waals surface area (Å²) in [5.74, 6) is 0.810. The zero-order valence-electron chi connectivity index (χ0n) is 40.9. The number of piperazine rings is 1. The molecule has 7 heterocycles. The Morgan fingerprint density at radius 1 is 0.986 bits per heavy atom. The minimum atomic E-state index is -1.43. The van der Waals surface area contributed by atoms with Crippen LogP contribution in [0.3, 0.4) is 0 Å². The SMILES string of the molecule is Cc1c(Cl)c2c(Cl)c(C)c1-c1c(C3=CCCC3)sc3ncnc(c13)O[C@@H](C(=O)O)Cc1cc(ccc1OCc1ccnc([C@H]3CC[C@@](F)(COC[C@@H]4COCCO4)CC3)n1)OC[C@@H](CN1CCN(C)CC1)O2. The standard InChI is InChI=1S/C53H61Cl2FN6O9S/c1-31-42-32(2)46(55)47(45(31)54)70-38(24-62-18-16-61(3)17-19-62)28-68-37-8-9-40(35(22-37)23-41(52(63)64)71-50-44-43(42)48(33-6-4-5-7-33)72-51(44)59-30-58-50)69-25-36-12-15-57-49(60-36)34-10-13-53(56,14-11-34)29-66-27-39-26-65-20-21-67-39/h6,8-9,12,15,22,30,34,38-39,41H,4-5,7,10-11,13-14,16-21,23-29H2,1-3H3,(H,63,64)/t34-,38-,39+,41-,53-/m1/s1. The van der Waals surface area contributed by atoms with E-state index in [2.05, 4.69) is 32.9 Å². The highest BCUT2D eigenvalue weighted by atomic mass is 35.5. The Kier molecular flexibility index (Phi) is 15.8. The first-order chi connectivity index (χ1) is 34.9. The Morgan fingerprint density at radius 3 is 2.53 bits per heavy atom. The minimum Gasteiger partial charge on any atom is -0.490 e. The van der Waals surface area contributed by atoms with Crippen molar-refractivity contribution >= 4 is 56.3 Å². The Labute approximate surface area is 432 Å². The molecule has 11 rings (SSSR count). The molecule has 0 spiro atoms. The van der Waals surface area contributed by atoms with Crippen molar-refractivity contribution in [3.8, 4) is 34.3 Å². The van der Waals surface area contributed by atoms with Gasteiger partial charge in [-0.25, -0.2) is 29.1 Å². The third-order valence-electron chi connectivity index (χ3n) is 14.5. The van der Waals surface area contributed by atoms with Gasteiger partial charge in [0.25, 0.3) is 0 Å². The summed E-state index contributed by atoms with van der Waals surface area (Å²) in [5, 5.41) is 12.3. The number of ether oxygens (including phenoxy) is 7. The van der Waals surface area contributed by atoms with Gasteiger partial charge in [-0.05, 0) is 112 Å². The number of fused-ring (bicyclic) bond motifs is 7. The third-order valence-corrected chi connectivity index (χ3v) is 16.6. The van der Waals surface area contributed by atoms with Crippen molar-refractivity contribution < 1.29 is 47.4 Å². The first-order valence-electron chi connectivity index (χ1n) is 25.0. The van der Waals surface area contributed by atoms with Gasteiger partial charge in [0, 0.05) is 67.3 Å². The van der Waals surface area contributed by atoms with Gasteiger partial charge in [0.1, 0.15) is 59.6 Å². The Morgan fingerprint density at radius 2 is 1.79 bits per heavy atom. The van der Waals surface area contributed by atoms with Gasteiger partial charge in [0.15, 0.2) is 5.75 Å². The van der Waals surface area contributed by atoms with Crippen LogP contribution in [0.15, 0.2) is 42.9 Å². The number of hydrogen-bond donors (Lipinski definition) is 1. The first kappa shape index (κ1) is 50.8. The van der Waals surface area contributed by atoms with Gasteiger partial charge in [-0.1, -0.05) is 29.3 Å². The van der Waals surface area contributed by atoms with Crippen LogP contribution >= 0.6 is 34.5 Å². The van der Waals surface area contributed by atoms with Crippen molar-refractivity contribution in [1.29, 1.82) is 0 Å². The zero-order chi connectivity index (χ0) is 49.9. The molecule has 15 nitrogen and oxygen atoms in total. The average Bonchev–Trinajstić information content (AvgIpc) is 4.06. The van der Waals surface area contributed by atoms with Gasteiger partial charge in [0.2, 0.25) is 12.0 Å². The second-order valence-corrected chi connectivity index (χ2v) is 21.4. The van der Waals surface area contributed by atoms with Crippen LogP contribution in [0.5, 0.6) is 23.1 Å². The molecule has 6 aliphatic rings. The Balaban J connectivity index is 0.954. The predicted octanol–water partition coefficient (Wildman–Crippen LogP) is 9.48. The molecule has 4 bridgehead atoms. The highest BCUT2D eigenvalue weighted by molar-refractivity contribution is 7.20. The molecule has 3 atom stereocenters. The lowest BCUT2D eigenvalue weighted by Gasteiger charge is -2.35. The second kappa shape index (κ2) is 22.4. The highest BCUT2D eigenvalue weighted by Crippen LogP contribution is 2.53. The number of allylic oxidation sites excluding steroid dienone is 2. The summed E-state index contributed by atoms with van der Waals surface area (Å²) in [6.07, 6.45) is 7.79. The number of carbonyl (C=O) groups is 1. The first-order valence-corrected chi connectivity index (χ1v) is 26.6. The van der Waals surface area contributed by atoms with E-state index in [0.717, 1.165) is 72.6 Å². The van der Waals surface area contributed by atoms with Gasteiger partial charge < -0.3 is 43.2 Å². The number of aliphatic carboxylic acids is 1. The lowest BCUT2D eigenvalue weighted by molar-refractivity contribution is -0.145. The molecule has 2 aliphatic carbocycles. The number of carboxylic acids is 1. The minimum absolute atomic E-state index is 0.00812. The van der Waals surface area contributed by atoms with E-state index in [1.807, 2.05) is 13.8 Å². The number of thiophene rings is 1. The van der Waals surface area contributed by atoms with Crippen molar-refractivity contribution in [1.82, 2.24) is 29.7 Å². The van der Waals surface area contributed by atoms with Crippen molar-refractivity contribution in [3.63, 3.8) is 0 Å². The molecule has 3 fully saturated rings. The molecule has 1 saturated carbocycles. The van der Waals surface area contributed by atoms with Gasteiger partial charge in [-0.15, -0.1) is 11.3 Å². The highest BCUT2D eigenvalue weighted by Gasteiger charge is 2.38. The third kappa shape index (κ3) is 11.3. The van der Waals surface area contributed by atoms with Crippen LogP contribution in [0, 0.1) is 13.8 Å². The monoisotopic (exact) mass is 1050 g/mol. The molecule has 0 amide bonds. The summed E-state index contributed by atoms with van der Waals surface area (Å²) < 4.78 is 59.2. The fourth-order valence-electron chi connectivity index (χ4n) is 10.4. The maximum absolute atomic E-state index is 15.9. The summed E-state index contributed by atoms with van der Waals surface area (Å²) in [4.78, 5) is 38.5. The average molecular weight is 1050 g/mol. The van der Waals surface area contributed by atoms with Crippen LogP contribution in [0.25, 0.3) is 26.9 Å². The van der Waals surface area contributed by atoms with Crippen LogP contribution in [0.2, 0.25) is 10.0 Å². The summed E-state index contributed by atoms with van der Waals surface area (Å²) in [7, 11) is 2.12. The van der Waals surface area contributed by atoms with Gasteiger partial charge in [-0.2, -0.15) is 0 Å². The second-order valence-electron chi connectivity index (χ2n) is 19.6. The molecule has 3 aromatic heterocycles. The molecule has 0 radical (unpaired) electrons. The number of aromatic nitrogens is 4. The molecule has 1 N–H and O–H groups in total. The van der Waals surface area contributed by atoms with E-state index in [0.29, 0.717) is 113 Å². The summed E-state index contributed by atoms with van der Waals surface area (Å²) >= 11 is 16.3. The van der Waals surface area contributed by atoms with Crippen molar-refractivity contribution in [2.45, 2.75) is 102 Å². The normalized spacial score (nSPS) is 24.3. The van der Waals surface area contributed by atoms with Crippen molar-refractivity contribution in [3.05, 3.63) is 86.0 Å². The van der Waals surface area contributed by atoms with Crippen LogP contribution in [0.4, 0.5) is 4.39 Å². The fourth-order valence-corrected chi connectivity index (χ4v) is 12.1. The maximum atomic E-state index is 15.9. The quantitative estimate of drug-likeness (QED) is 0.126. The number of hydrogen-bond acceptors (Lipinski definition) is 15. The van der Waals surface area contributed by atoms with Crippen LogP contribution in [-0.4, -0.2) is 144 Å². The number of benzene rings is 2. The summed E-state index contributed by atoms with van der Waals surface area (Å²) in [6, 6.07) is 7.14. The van der Waals surface area contributed by atoms with Crippen molar-refractivity contribution in [2.24, 2.45) is 0 Å². The molecule has 2 aromatic carbocycles. The number of rotatable bonds is 12. The number of halogens is 3. The molecule has 0 unspecified atom stereocenters. The molecule has 2 saturated heterocycles. The lowest BCUT2D eigenvalue weighted by atomic mass is 9.80. The van der Waals surface area contributed by atoms with Crippen molar-refractivity contribution in [2.75, 3.05) is 79.4 Å². The number of likely N-dealkylation sites (N-methyl/N-ethyl adjacent to an activating group) is 1. The summed E-state index contributed by atoms with van der Waals surface area (Å²) in [6.45, 7) is 10.0. The zero-order valence-corrected chi connectivity index (χ0v) is 43.3. The smallest absolute Gasteiger partial charge is 0.345 e. The van der Waals surface area contributed by atoms with Crippen LogP contribution in [-0.2, 0) is 32.0 Å². The fraction of sp³-hybridized carbons (Fsp3) is 0.528. The van der Waals surface area contributed by atoms with Crippen LogP contribution < -0.4 is 18.9 Å². The molecule has 4 aliphatic heterocycles. The molecular weight excluding hydrogens is 987 g/mol. The van der Waals surface area contributed by atoms with E-state index in [9.17, 15) is 9.90 Å². The largest absolute Gasteiger partial charge is 0.490 e. The molecular formula is C53H61Cl2FN6O9S. The van der Waals surface area contributed by atoms with E-state index in [1.54, 1.807) is 30.5 Å². The topological polar surface area (TPSA) is 160 Å². The molecule has 19 heteroatoms. The van der Waals surface area contributed by atoms with E-state index in [4.69, 9.17) is 66.3 Å². The molecule has 5 aromatic rings. The van der Waals surface area contributed by atoms with E-state index in [1.165, 1.54) is 23.2 Å². The van der Waals surface area contributed by atoms with Crippen LogP contribution in [0.1, 0.15) is 83.9 Å². The number of alkyl halides is 1. The van der Waals surface area contributed by atoms with Gasteiger partial charge in [0.05, 0.1) is 54.2 Å². The molecule has 384 valence electrons. The van der Waals surface area contributed by atoms with Gasteiger partial charge >= 0.3 is 5.97 Å². The maximum Gasteiger partial charge on any atom is 0.345 e. The van der Waals surface area contributed by atoms with E-state index >= 15 is 4.39 Å². The molecule has 72 heavy (non-hydrogen) atoms.